The van der Waals surface area contributed by atoms with Crippen molar-refractivity contribution in [1.82, 2.24) is 4.67 Å². The van der Waals surface area contributed by atoms with E-state index >= 15 is 4.57 Å². The molecule has 1 saturated heterocycles. The summed E-state index contributed by atoms with van der Waals surface area (Å²) in [5.41, 5.74) is 0.505. The van der Waals surface area contributed by atoms with E-state index in [0.717, 1.165) is 17.3 Å². The first-order valence-electron chi connectivity index (χ1n) is 14.6. The van der Waals surface area contributed by atoms with Gasteiger partial charge in [-0.2, -0.15) is 13.2 Å². The normalized spacial score (nSPS) is 19.4. The predicted molar refractivity (Wildman–Crippen MR) is 170 cm³/mol. The van der Waals surface area contributed by atoms with E-state index in [1.165, 1.54) is 38.5 Å². The highest BCUT2D eigenvalue weighted by Gasteiger charge is 2.45. The van der Waals surface area contributed by atoms with Gasteiger partial charge in [0, 0.05) is 42.8 Å². The zero-order valence-corrected chi connectivity index (χ0v) is 27.0. The molecule has 0 saturated carbocycles. The molecule has 3 aromatic carbocycles. The summed E-state index contributed by atoms with van der Waals surface area (Å²) in [4.78, 5) is 15.8. The lowest BCUT2D eigenvalue weighted by Crippen LogP contribution is -2.40. The van der Waals surface area contributed by atoms with E-state index < -0.39 is 30.5 Å². The molecular formula is C32H38F3N4O5P. The van der Waals surface area contributed by atoms with Crippen LogP contribution in [-0.4, -0.2) is 64.2 Å². The van der Waals surface area contributed by atoms with Gasteiger partial charge in [0.25, 0.3) is 13.4 Å². The smallest absolute Gasteiger partial charge is 0.418 e. The molecule has 2 N–H and O–H groups in total. The number of carbonyl (C=O) groups excluding carboxylic acids is 1. The van der Waals surface area contributed by atoms with Gasteiger partial charge in [-0.05, 0) is 55.0 Å². The van der Waals surface area contributed by atoms with E-state index in [0.29, 0.717) is 11.5 Å². The molecule has 2 aliphatic rings. The molecule has 0 bridgehead atoms. The van der Waals surface area contributed by atoms with Crippen molar-refractivity contribution in [3.05, 3.63) is 71.3 Å². The van der Waals surface area contributed by atoms with Gasteiger partial charge in [-0.3, -0.25) is 9.36 Å². The standard InChI is InChI=1S/C32H38F3N4O5P/c1-20-31(2,3)23-18-29(25(19-26(23)38(20)4)36-30(40)21-11-12-27(42-5)28(17-21)43-6)45(41,39-13-15-44-16-14-39)37-24-10-8-7-9-22(24)32(33,34)35/h7-12,17-20H,13-16H2,1-6H3,(H,36,40)(H,37,41)/t20-,45-/m1/s1. The van der Waals surface area contributed by atoms with Gasteiger partial charge in [0.2, 0.25) is 0 Å². The average Bonchev–Trinajstić information content (AvgIpc) is 3.19. The van der Waals surface area contributed by atoms with Crippen LogP contribution in [0.25, 0.3) is 0 Å². The number of alkyl halides is 3. The number of fused-ring (bicyclic) bond motifs is 1. The summed E-state index contributed by atoms with van der Waals surface area (Å²) in [5.74, 6) is 0.267. The number of morpholine rings is 1. The highest BCUT2D eigenvalue weighted by Crippen LogP contribution is 2.55. The lowest BCUT2D eigenvalue weighted by molar-refractivity contribution is -0.136. The van der Waals surface area contributed by atoms with Crippen molar-refractivity contribution in [1.29, 1.82) is 0 Å². The van der Waals surface area contributed by atoms with Crippen molar-refractivity contribution in [2.24, 2.45) is 0 Å². The van der Waals surface area contributed by atoms with E-state index in [-0.39, 0.29) is 54.6 Å². The van der Waals surface area contributed by atoms with Crippen molar-refractivity contribution in [3.63, 3.8) is 0 Å². The second kappa shape index (κ2) is 12.2. The first-order valence-corrected chi connectivity index (χ1v) is 16.2. The molecule has 1 amide bonds. The number of ether oxygens (including phenoxy) is 3. The minimum absolute atomic E-state index is 0.0406. The van der Waals surface area contributed by atoms with Gasteiger partial charge in [-0.1, -0.05) is 26.0 Å². The lowest BCUT2D eigenvalue weighted by atomic mass is 9.81. The Balaban J connectivity index is 1.71. The van der Waals surface area contributed by atoms with Gasteiger partial charge in [-0.25, -0.2) is 4.67 Å². The predicted octanol–water partition coefficient (Wildman–Crippen LogP) is 6.35. The van der Waals surface area contributed by atoms with Crippen LogP contribution in [0.1, 0.15) is 42.3 Å². The number of hydrogen-bond acceptors (Lipinski definition) is 6. The summed E-state index contributed by atoms with van der Waals surface area (Å²) in [5, 5.41) is 5.98. The Kier molecular flexibility index (Phi) is 8.87. The average molecular weight is 647 g/mol. The molecular weight excluding hydrogens is 608 g/mol. The van der Waals surface area contributed by atoms with Gasteiger partial charge >= 0.3 is 6.18 Å². The van der Waals surface area contributed by atoms with Crippen LogP contribution in [-0.2, 0) is 20.9 Å². The van der Waals surface area contributed by atoms with E-state index in [1.54, 1.807) is 28.9 Å². The topological polar surface area (TPSA) is 92.4 Å². The van der Waals surface area contributed by atoms with Crippen LogP contribution >= 0.6 is 7.44 Å². The first kappa shape index (κ1) is 32.7. The largest absolute Gasteiger partial charge is 0.493 e. The minimum Gasteiger partial charge on any atom is -0.493 e. The van der Waals surface area contributed by atoms with E-state index in [1.807, 2.05) is 7.05 Å². The summed E-state index contributed by atoms with van der Waals surface area (Å²) in [6.07, 6.45) is -4.69. The van der Waals surface area contributed by atoms with Crippen molar-refractivity contribution in [3.8, 4) is 11.5 Å². The maximum Gasteiger partial charge on any atom is 0.418 e. The van der Waals surface area contributed by atoms with E-state index in [9.17, 15) is 18.0 Å². The third-order valence-corrected chi connectivity index (χ3v) is 11.7. The lowest BCUT2D eigenvalue weighted by Gasteiger charge is -2.37. The Hall–Kier alpha value is -3.73. The molecule has 3 aromatic rings. The van der Waals surface area contributed by atoms with Crippen LogP contribution < -0.4 is 30.1 Å². The van der Waals surface area contributed by atoms with E-state index in [4.69, 9.17) is 14.2 Å². The van der Waals surface area contributed by atoms with Crippen molar-refractivity contribution < 1.29 is 36.7 Å². The monoisotopic (exact) mass is 646 g/mol. The highest BCUT2D eigenvalue weighted by molar-refractivity contribution is 7.71. The van der Waals surface area contributed by atoms with Crippen LogP contribution in [0.2, 0.25) is 0 Å². The molecule has 2 atom stereocenters. The van der Waals surface area contributed by atoms with Gasteiger partial charge in [0.1, 0.15) is 0 Å². The summed E-state index contributed by atoms with van der Waals surface area (Å²) in [6.45, 7) is 7.11. The number of carbonyl (C=O) groups is 1. The third-order valence-electron chi connectivity index (χ3n) is 8.92. The number of methoxy groups -OCH3 is 2. The molecule has 45 heavy (non-hydrogen) atoms. The molecule has 0 aromatic heterocycles. The zero-order chi connectivity index (χ0) is 32.7. The van der Waals surface area contributed by atoms with E-state index in [2.05, 4.69) is 36.1 Å². The SMILES string of the molecule is COc1ccc(C(=O)Nc2cc3c(cc2[P@@](=O)(Nc2ccccc2C(F)(F)F)N2CCOCC2)C(C)(C)[C@@H](C)N3C)cc1OC. The highest BCUT2D eigenvalue weighted by atomic mass is 31.2. The first-order chi connectivity index (χ1) is 21.2. The number of nitrogens with one attached hydrogen (secondary N) is 2. The number of benzene rings is 3. The fourth-order valence-electron chi connectivity index (χ4n) is 5.94. The van der Waals surface area contributed by atoms with Crippen LogP contribution in [0.15, 0.2) is 54.6 Å². The van der Waals surface area contributed by atoms with Crippen LogP contribution in [0.3, 0.4) is 0 Å². The number of likely N-dealkylation sites (N-methyl/N-ethyl adjacent to an activating group) is 1. The summed E-state index contributed by atoms with van der Waals surface area (Å²) >= 11 is 0. The second-order valence-electron chi connectivity index (χ2n) is 11.7. The van der Waals surface area contributed by atoms with Crippen molar-refractivity contribution >= 4 is 35.7 Å². The Labute approximate surface area is 261 Å². The number of halogens is 3. The Bertz CT molecular complexity index is 1640. The van der Waals surface area contributed by atoms with Crippen molar-refractivity contribution in [2.45, 2.75) is 38.4 Å². The van der Waals surface area contributed by atoms with Crippen LogP contribution in [0.5, 0.6) is 11.5 Å². The molecule has 0 spiro atoms. The molecule has 1 fully saturated rings. The molecule has 242 valence electrons. The Morgan fingerprint density at radius 1 is 1.00 bits per heavy atom. The molecule has 0 radical (unpaired) electrons. The molecule has 2 aliphatic heterocycles. The molecule has 0 unspecified atom stereocenters. The molecule has 13 heteroatoms. The number of rotatable bonds is 8. The maximum atomic E-state index is 15.5. The second-order valence-corrected chi connectivity index (χ2v) is 14.1. The Morgan fingerprint density at radius 3 is 2.31 bits per heavy atom. The fourth-order valence-corrected chi connectivity index (χ4v) is 8.50. The van der Waals surface area contributed by atoms with Crippen LogP contribution in [0, 0.1) is 0 Å². The number of para-hydroxylation sites is 1. The Morgan fingerprint density at radius 2 is 1.67 bits per heavy atom. The maximum absolute atomic E-state index is 15.5. The quantitative estimate of drug-likeness (QED) is 0.274. The molecule has 9 nitrogen and oxygen atoms in total. The van der Waals surface area contributed by atoms with Crippen molar-refractivity contribution in [2.75, 3.05) is 62.9 Å². The summed E-state index contributed by atoms with van der Waals surface area (Å²) in [6, 6.07) is 13.2. The third kappa shape index (κ3) is 5.98. The fraction of sp³-hybridized carbons (Fsp3) is 0.406. The molecule has 2 heterocycles. The number of amides is 1. The summed E-state index contributed by atoms with van der Waals surface area (Å²) < 4.78 is 75.8. The minimum atomic E-state index is -4.69. The number of hydrogen-bond donors (Lipinski definition) is 2. The summed E-state index contributed by atoms with van der Waals surface area (Å²) in [7, 11) is 0.805. The molecule has 0 aliphatic carbocycles. The van der Waals surface area contributed by atoms with Crippen LogP contribution in [0.4, 0.5) is 30.2 Å². The zero-order valence-electron chi connectivity index (χ0n) is 26.1. The number of anilines is 3. The molecule has 5 rings (SSSR count). The van der Waals surface area contributed by atoms with Gasteiger partial charge in [0.05, 0.1) is 49.7 Å². The van der Waals surface area contributed by atoms with Gasteiger partial charge in [0.15, 0.2) is 11.5 Å². The number of nitrogens with zero attached hydrogens (tertiary/aromatic N) is 2. The van der Waals surface area contributed by atoms with Gasteiger partial charge < -0.3 is 29.5 Å². The van der Waals surface area contributed by atoms with Gasteiger partial charge in [-0.15, -0.1) is 0 Å².